The number of furan rings is 1. The summed E-state index contributed by atoms with van der Waals surface area (Å²) in [5.41, 5.74) is 0. The number of nitrogens with zero attached hydrogens (tertiary/aromatic N) is 2. The summed E-state index contributed by atoms with van der Waals surface area (Å²) >= 11 is 1.22. The summed E-state index contributed by atoms with van der Waals surface area (Å²) in [6, 6.07) is 3.43. The molecule has 1 fully saturated rings. The highest BCUT2D eigenvalue weighted by Gasteiger charge is 2.38. The Kier molecular flexibility index (Phi) is 3.90. The van der Waals surface area contributed by atoms with Gasteiger partial charge in [-0.1, -0.05) is 6.92 Å². The van der Waals surface area contributed by atoms with Crippen molar-refractivity contribution in [2.24, 2.45) is 5.92 Å². The molecule has 0 radical (unpaired) electrons. The normalized spacial score (nSPS) is 24.3. The van der Waals surface area contributed by atoms with Gasteiger partial charge in [0.1, 0.15) is 5.76 Å². The molecule has 7 heteroatoms. The molecule has 21 heavy (non-hydrogen) atoms. The molecule has 3 rings (SSSR count). The van der Waals surface area contributed by atoms with Crippen LogP contribution in [0.3, 0.4) is 0 Å². The summed E-state index contributed by atoms with van der Waals surface area (Å²) in [6.07, 6.45) is 4.70. The van der Waals surface area contributed by atoms with E-state index in [2.05, 4.69) is 11.9 Å². The fraction of sp³-hybridized carbons (Fsp3) is 0.500. The quantitative estimate of drug-likeness (QED) is 0.869. The Morgan fingerprint density at radius 2 is 2.29 bits per heavy atom. The van der Waals surface area contributed by atoms with Gasteiger partial charge in [-0.3, -0.25) is 0 Å². The van der Waals surface area contributed by atoms with E-state index < -0.39 is 10.0 Å². The Bertz CT molecular complexity index is 706. The average molecular weight is 326 g/mol. The molecule has 5 nitrogen and oxygen atoms in total. The molecule has 0 amide bonds. The van der Waals surface area contributed by atoms with Crippen molar-refractivity contribution < 1.29 is 12.8 Å². The molecule has 0 spiro atoms. The third-order valence-corrected chi connectivity index (χ3v) is 7.11. The van der Waals surface area contributed by atoms with E-state index in [0.717, 1.165) is 17.8 Å². The van der Waals surface area contributed by atoms with Gasteiger partial charge < -0.3 is 4.42 Å². The lowest BCUT2D eigenvalue weighted by molar-refractivity contribution is 0.185. The lowest BCUT2D eigenvalue weighted by Gasteiger charge is -2.35. The van der Waals surface area contributed by atoms with Crippen LogP contribution in [-0.4, -0.2) is 24.3 Å². The molecule has 0 N–H and O–H groups in total. The first-order valence-corrected chi connectivity index (χ1v) is 9.22. The van der Waals surface area contributed by atoms with E-state index in [9.17, 15) is 8.42 Å². The Morgan fingerprint density at radius 3 is 2.90 bits per heavy atom. The van der Waals surface area contributed by atoms with Crippen LogP contribution >= 0.6 is 11.3 Å². The molecule has 0 bridgehead atoms. The maximum atomic E-state index is 12.9. The standard InChI is InChI=1S/C14H18N2O3S2/c1-10-5-6-16(12(8-10)13-4-3-7-19-13)21(17,18)14-9-15-11(2)20-14/h3-4,7,9-10,12H,5-6,8H2,1-2H3/t10-,12+/m1/s1. The van der Waals surface area contributed by atoms with E-state index in [1.54, 1.807) is 16.6 Å². The van der Waals surface area contributed by atoms with Gasteiger partial charge in [-0.25, -0.2) is 13.4 Å². The van der Waals surface area contributed by atoms with E-state index in [0.29, 0.717) is 22.4 Å². The Morgan fingerprint density at radius 1 is 1.48 bits per heavy atom. The van der Waals surface area contributed by atoms with Gasteiger partial charge in [-0.15, -0.1) is 11.3 Å². The summed E-state index contributed by atoms with van der Waals surface area (Å²) in [6.45, 7) is 4.48. The van der Waals surface area contributed by atoms with Crippen LogP contribution in [-0.2, 0) is 10.0 Å². The van der Waals surface area contributed by atoms with Crippen LogP contribution in [0.2, 0.25) is 0 Å². The summed E-state index contributed by atoms with van der Waals surface area (Å²) < 4.78 is 33.1. The van der Waals surface area contributed by atoms with E-state index in [1.807, 2.05) is 13.0 Å². The minimum Gasteiger partial charge on any atom is -0.468 e. The second kappa shape index (κ2) is 5.55. The number of aromatic nitrogens is 1. The predicted octanol–water partition coefficient (Wildman–Crippen LogP) is 3.21. The van der Waals surface area contributed by atoms with Crippen LogP contribution in [0.4, 0.5) is 0 Å². The first-order valence-electron chi connectivity index (χ1n) is 6.96. The molecule has 2 atom stereocenters. The second-order valence-corrected chi connectivity index (χ2v) is 8.83. The highest BCUT2D eigenvalue weighted by molar-refractivity contribution is 7.91. The van der Waals surface area contributed by atoms with Gasteiger partial charge in [0.05, 0.1) is 23.5 Å². The topological polar surface area (TPSA) is 63.4 Å². The molecule has 1 saturated heterocycles. The average Bonchev–Trinajstić information content (AvgIpc) is 3.09. The van der Waals surface area contributed by atoms with Crippen molar-refractivity contribution in [1.82, 2.24) is 9.29 Å². The van der Waals surface area contributed by atoms with E-state index in [-0.39, 0.29) is 6.04 Å². The van der Waals surface area contributed by atoms with Crippen molar-refractivity contribution in [2.75, 3.05) is 6.54 Å². The van der Waals surface area contributed by atoms with Crippen LogP contribution in [0.25, 0.3) is 0 Å². The van der Waals surface area contributed by atoms with E-state index in [4.69, 9.17) is 4.42 Å². The van der Waals surface area contributed by atoms with Crippen molar-refractivity contribution in [1.29, 1.82) is 0 Å². The summed E-state index contributed by atoms with van der Waals surface area (Å²) in [7, 11) is -3.51. The number of aryl methyl sites for hydroxylation is 1. The van der Waals surface area contributed by atoms with Crippen molar-refractivity contribution >= 4 is 21.4 Å². The van der Waals surface area contributed by atoms with Crippen molar-refractivity contribution in [3.8, 4) is 0 Å². The molecule has 3 heterocycles. The fourth-order valence-electron chi connectivity index (χ4n) is 2.72. The number of hydrogen-bond acceptors (Lipinski definition) is 5. The highest BCUT2D eigenvalue weighted by Crippen LogP contribution is 2.38. The zero-order chi connectivity index (χ0) is 15.0. The summed E-state index contributed by atoms with van der Waals surface area (Å²) in [4.78, 5) is 4.07. The van der Waals surface area contributed by atoms with E-state index in [1.165, 1.54) is 17.5 Å². The monoisotopic (exact) mass is 326 g/mol. The molecule has 0 aromatic carbocycles. The van der Waals surface area contributed by atoms with Gasteiger partial charge in [0, 0.05) is 6.54 Å². The molecular formula is C14H18N2O3S2. The van der Waals surface area contributed by atoms with Crippen molar-refractivity contribution in [3.63, 3.8) is 0 Å². The molecule has 2 aromatic rings. The molecule has 1 aliphatic heterocycles. The van der Waals surface area contributed by atoms with Crippen molar-refractivity contribution in [2.45, 2.75) is 36.9 Å². The fourth-order valence-corrected chi connectivity index (χ4v) is 5.58. The summed E-state index contributed by atoms with van der Waals surface area (Å²) in [5.74, 6) is 1.20. The van der Waals surface area contributed by atoms with Crippen molar-refractivity contribution in [3.05, 3.63) is 35.4 Å². The second-order valence-electron chi connectivity index (χ2n) is 5.47. The lowest BCUT2D eigenvalue weighted by atomic mass is 9.93. The number of sulfonamides is 1. The first kappa shape index (κ1) is 14.7. The van der Waals surface area contributed by atoms with Crippen LogP contribution in [0.1, 0.15) is 36.6 Å². The molecule has 0 aliphatic carbocycles. The van der Waals surface area contributed by atoms with Gasteiger partial charge in [0.15, 0.2) is 4.21 Å². The van der Waals surface area contributed by atoms with Crippen LogP contribution in [0.15, 0.2) is 33.2 Å². The molecule has 114 valence electrons. The van der Waals surface area contributed by atoms with Gasteiger partial charge in [0.25, 0.3) is 10.0 Å². The minimum atomic E-state index is -3.51. The van der Waals surface area contributed by atoms with Crippen LogP contribution in [0, 0.1) is 12.8 Å². The SMILES string of the molecule is Cc1ncc(S(=O)(=O)N2CC[C@@H](C)C[C@H]2c2ccco2)s1. The maximum absolute atomic E-state index is 12.9. The molecule has 0 saturated carbocycles. The lowest BCUT2D eigenvalue weighted by Crippen LogP contribution is -2.40. The first-order chi connectivity index (χ1) is 9.98. The molecule has 2 aromatic heterocycles. The zero-order valence-corrected chi connectivity index (χ0v) is 13.7. The van der Waals surface area contributed by atoms with Crippen LogP contribution in [0.5, 0.6) is 0 Å². The predicted molar refractivity (Wildman–Crippen MR) is 80.6 cm³/mol. The minimum absolute atomic E-state index is 0.226. The van der Waals surface area contributed by atoms with Gasteiger partial charge in [0.2, 0.25) is 0 Å². The third kappa shape index (κ3) is 2.77. The maximum Gasteiger partial charge on any atom is 0.254 e. The number of piperidine rings is 1. The van der Waals surface area contributed by atoms with Crippen LogP contribution < -0.4 is 0 Å². The Labute approximate surface area is 128 Å². The van der Waals surface area contributed by atoms with Gasteiger partial charge in [-0.05, 0) is 37.8 Å². The molecule has 0 unspecified atom stereocenters. The third-order valence-electron chi connectivity index (χ3n) is 3.85. The molecular weight excluding hydrogens is 308 g/mol. The number of hydrogen-bond donors (Lipinski definition) is 0. The molecule has 1 aliphatic rings. The van der Waals surface area contributed by atoms with Gasteiger partial charge in [-0.2, -0.15) is 4.31 Å². The zero-order valence-electron chi connectivity index (χ0n) is 12.0. The number of rotatable bonds is 3. The summed E-state index contributed by atoms with van der Waals surface area (Å²) in [5, 5.41) is 0.758. The number of thiazole rings is 1. The van der Waals surface area contributed by atoms with E-state index >= 15 is 0 Å². The van der Waals surface area contributed by atoms with Gasteiger partial charge >= 0.3 is 0 Å². The largest absolute Gasteiger partial charge is 0.468 e. The smallest absolute Gasteiger partial charge is 0.254 e. The Balaban J connectivity index is 1.98. The Hall–Kier alpha value is -1.18. The highest BCUT2D eigenvalue weighted by atomic mass is 32.2.